The van der Waals surface area contributed by atoms with E-state index in [0.29, 0.717) is 27.8 Å². The maximum atomic E-state index is 12.2. The van der Waals surface area contributed by atoms with Gasteiger partial charge in [-0.15, -0.1) is 0 Å². The minimum atomic E-state index is -0.381. The van der Waals surface area contributed by atoms with Crippen molar-refractivity contribution in [2.45, 2.75) is 0 Å². The van der Waals surface area contributed by atoms with E-state index >= 15 is 0 Å². The summed E-state index contributed by atoms with van der Waals surface area (Å²) >= 11 is 6.00. The summed E-state index contributed by atoms with van der Waals surface area (Å²) < 4.78 is 10.3. The zero-order chi connectivity index (χ0) is 15.4. The summed E-state index contributed by atoms with van der Waals surface area (Å²) in [5.74, 6) is 0.467. The van der Waals surface area contributed by atoms with Crippen molar-refractivity contribution in [2.75, 3.05) is 19.5 Å². The molecular weight excluding hydrogens is 294 g/mol. The Hall–Kier alpha value is -2.40. The lowest BCUT2D eigenvalue weighted by atomic mass is 10.2. The summed E-state index contributed by atoms with van der Waals surface area (Å²) in [6.45, 7) is 0. The number of amides is 1. The Balaban J connectivity index is 2.32. The fraction of sp³-hybridized carbons (Fsp3) is 0.133. The molecule has 0 atom stereocenters. The first-order chi connectivity index (χ1) is 10.0. The Kier molecular flexibility index (Phi) is 4.55. The number of carbonyl (C=O) groups excluding carboxylic acids is 1. The van der Waals surface area contributed by atoms with Crippen molar-refractivity contribution in [3.63, 3.8) is 0 Å². The van der Waals surface area contributed by atoms with E-state index in [2.05, 4.69) is 5.32 Å². The van der Waals surface area contributed by atoms with Gasteiger partial charge in [0.15, 0.2) is 0 Å². The molecule has 2 aromatic carbocycles. The van der Waals surface area contributed by atoms with Gasteiger partial charge in [0.1, 0.15) is 17.2 Å². The number of hydrogen-bond acceptors (Lipinski definition) is 4. The van der Waals surface area contributed by atoms with Gasteiger partial charge in [-0.05, 0) is 18.2 Å². The number of rotatable bonds is 4. The number of halogens is 1. The normalized spacial score (nSPS) is 10.0. The summed E-state index contributed by atoms with van der Waals surface area (Å²) in [7, 11) is 2.96. The second-order valence-corrected chi connectivity index (χ2v) is 4.60. The van der Waals surface area contributed by atoms with E-state index in [1.165, 1.54) is 26.4 Å². The SMILES string of the molecule is COc1cc(NC(=O)c2cccc(O)c2)c(OC)cc1Cl. The van der Waals surface area contributed by atoms with Crippen molar-refractivity contribution >= 4 is 23.2 Å². The van der Waals surface area contributed by atoms with Crippen LogP contribution in [0.15, 0.2) is 36.4 Å². The predicted octanol–water partition coefficient (Wildman–Crippen LogP) is 3.32. The largest absolute Gasteiger partial charge is 0.508 e. The van der Waals surface area contributed by atoms with Gasteiger partial charge in [0.25, 0.3) is 5.91 Å². The molecule has 0 saturated heterocycles. The smallest absolute Gasteiger partial charge is 0.255 e. The van der Waals surface area contributed by atoms with Crippen LogP contribution in [0.1, 0.15) is 10.4 Å². The van der Waals surface area contributed by atoms with Crippen molar-refractivity contribution in [3.8, 4) is 17.2 Å². The lowest BCUT2D eigenvalue weighted by Gasteiger charge is -2.13. The Morgan fingerprint density at radius 2 is 1.86 bits per heavy atom. The third-order valence-corrected chi connectivity index (χ3v) is 3.13. The fourth-order valence-electron chi connectivity index (χ4n) is 1.80. The first-order valence-corrected chi connectivity index (χ1v) is 6.45. The molecule has 6 heteroatoms. The molecule has 0 aliphatic heterocycles. The Bertz CT molecular complexity index is 673. The van der Waals surface area contributed by atoms with Gasteiger partial charge in [0.2, 0.25) is 0 Å². The van der Waals surface area contributed by atoms with Gasteiger partial charge in [0, 0.05) is 17.7 Å². The topological polar surface area (TPSA) is 67.8 Å². The van der Waals surface area contributed by atoms with Crippen LogP contribution in [0.4, 0.5) is 5.69 Å². The maximum absolute atomic E-state index is 12.2. The van der Waals surface area contributed by atoms with Crippen molar-refractivity contribution in [1.82, 2.24) is 0 Å². The summed E-state index contributed by atoms with van der Waals surface area (Å²) in [5.41, 5.74) is 0.748. The van der Waals surface area contributed by atoms with Gasteiger partial charge in [-0.1, -0.05) is 17.7 Å². The number of methoxy groups -OCH3 is 2. The highest BCUT2D eigenvalue weighted by Gasteiger charge is 2.14. The average molecular weight is 308 g/mol. The van der Waals surface area contributed by atoms with E-state index in [9.17, 15) is 9.90 Å². The first-order valence-electron chi connectivity index (χ1n) is 6.07. The van der Waals surface area contributed by atoms with Crippen LogP contribution in [0, 0.1) is 0 Å². The molecule has 0 fully saturated rings. The molecule has 0 bridgehead atoms. The van der Waals surface area contributed by atoms with Crippen LogP contribution in [0.25, 0.3) is 0 Å². The number of nitrogens with one attached hydrogen (secondary N) is 1. The van der Waals surface area contributed by atoms with Gasteiger partial charge in [-0.3, -0.25) is 4.79 Å². The molecular formula is C15H14ClNO4. The molecule has 0 spiro atoms. The van der Waals surface area contributed by atoms with Gasteiger partial charge in [0.05, 0.1) is 24.9 Å². The predicted molar refractivity (Wildman–Crippen MR) is 80.6 cm³/mol. The molecule has 0 unspecified atom stereocenters. The second kappa shape index (κ2) is 6.37. The molecule has 21 heavy (non-hydrogen) atoms. The minimum Gasteiger partial charge on any atom is -0.508 e. The van der Waals surface area contributed by atoms with Gasteiger partial charge < -0.3 is 19.9 Å². The number of phenolic OH excluding ortho intramolecular Hbond substituents is 1. The lowest BCUT2D eigenvalue weighted by molar-refractivity contribution is 0.102. The van der Waals surface area contributed by atoms with Crippen LogP contribution in [-0.4, -0.2) is 25.2 Å². The van der Waals surface area contributed by atoms with Crippen LogP contribution >= 0.6 is 11.6 Å². The highest BCUT2D eigenvalue weighted by molar-refractivity contribution is 6.32. The number of aromatic hydroxyl groups is 1. The number of ether oxygens (including phenoxy) is 2. The molecule has 2 aromatic rings. The summed E-state index contributed by atoms with van der Waals surface area (Å²) in [6, 6.07) is 9.16. The third kappa shape index (κ3) is 3.38. The second-order valence-electron chi connectivity index (χ2n) is 4.19. The van der Waals surface area contributed by atoms with Gasteiger partial charge in [-0.2, -0.15) is 0 Å². The van der Waals surface area contributed by atoms with Crippen LogP contribution in [0.5, 0.6) is 17.2 Å². The third-order valence-electron chi connectivity index (χ3n) is 2.83. The lowest BCUT2D eigenvalue weighted by Crippen LogP contribution is -2.12. The van der Waals surface area contributed by atoms with Crippen molar-refractivity contribution in [3.05, 3.63) is 47.0 Å². The highest BCUT2D eigenvalue weighted by Crippen LogP contribution is 2.36. The fourth-order valence-corrected chi connectivity index (χ4v) is 2.03. The van der Waals surface area contributed by atoms with E-state index in [0.717, 1.165) is 0 Å². The van der Waals surface area contributed by atoms with E-state index in [1.54, 1.807) is 24.3 Å². The molecule has 0 radical (unpaired) electrons. The summed E-state index contributed by atoms with van der Waals surface area (Å²) in [4.78, 5) is 12.2. The van der Waals surface area contributed by atoms with Crippen LogP contribution in [0.2, 0.25) is 5.02 Å². The average Bonchev–Trinajstić information content (AvgIpc) is 2.48. The monoisotopic (exact) mass is 307 g/mol. The Morgan fingerprint density at radius 1 is 1.14 bits per heavy atom. The zero-order valence-electron chi connectivity index (χ0n) is 11.5. The number of anilines is 1. The highest BCUT2D eigenvalue weighted by atomic mass is 35.5. The van der Waals surface area contributed by atoms with Crippen LogP contribution < -0.4 is 14.8 Å². The molecule has 2 N–H and O–H groups in total. The Labute approximate surface area is 127 Å². The minimum absolute atomic E-state index is 0.0169. The molecule has 0 aliphatic rings. The first kappa shape index (κ1) is 15.0. The van der Waals surface area contributed by atoms with Crippen LogP contribution in [-0.2, 0) is 0 Å². The number of carbonyl (C=O) groups is 1. The van der Waals surface area contributed by atoms with E-state index in [-0.39, 0.29) is 11.7 Å². The Morgan fingerprint density at radius 3 is 2.48 bits per heavy atom. The molecule has 5 nitrogen and oxygen atoms in total. The molecule has 0 aromatic heterocycles. The molecule has 0 aliphatic carbocycles. The van der Waals surface area contributed by atoms with Crippen LogP contribution in [0.3, 0.4) is 0 Å². The van der Waals surface area contributed by atoms with Gasteiger partial charge >= 0.3 is 0 Å². The molecule has 110 valence electrons. The summed E-state index contributed by atoms with van der Waals surface area (Å²) in [6.07, 6.45) is 0. The van der Waals surface area contributed by atoms with E-state index in [4.69, 9.17) is 21.1 Å². The summed E-state index contributed by atoms with van der Waals surface area (Å²) in [5, 5.41) is 12.5. The van der Waals surface area contributed by atoms with Crippen molar-refractivity contribution in [2.24, 2.45) is 0 Å². The van der Waals surface area contributed by atoms with Gasteiger partial charge in [-0.25, -0.2) is 0 Å². The standard InChI is InChI=1S/C15H14ClNO4/c1-20-13-8-12(14(21-2)7-11(13)16)17-15(19)9-4-3-5-10(18)6-9/h3-8,18H,1-2H3,(H,17,19). The van der Waals surface area contributed by atoms with E-state index < -0.39 is 0 Å². The van der Waals surface area contributed by atoms with Crippen molar-refractivity contribution in [1.29, 1.82) is 0 Å². The van der Waals surface area contributed by atoms with E-state index in [1.807, 2.05) is 0 Å². The maximum Gasteiger partial charge on any atom is 0.255 e. The molecule has 0 saturated carbocycles. The molecule has 0 heterocycles. The molecule has 1 amide bonds. The quantitative estimate of drug-likeness (QED) is 0.909. The van der Waals surface area contributed by atoms with Crippen molar-refractivity contribution < 1.29 is 19.4 Å². The molecule has 2 rings (SSSR count). The number of benzene rings is 2. The zero-order valence-corrected chi connectivity index (χ0v) is 12.3. The number of phenols is 1. The number of hydrogen-bond donors (Lipinski definition) is 2.